The van der Waals surface area contributed by atoms with E-state index in [0.29, 0.717) is 6.42 Å². The minimum Gasteiger partial charge on any atom is -0.335 e. The lowest BCUT2D eigenvalue weighted by Crippen LogP contribution is -2.49. The van der Waals surface area contributed by atoms with Crippen molar-refractivity contribution in [2.24, 2.45) is 0 Å². The number of nitrogens with zero attached hydrogens (tertiary/aromatic N) is 2. The van der Waals surface area contributed by atoms with Crippen molar-refractivity contribution in [1.82, 2.24) is 20.7 Å². The number of hydrazine groups is 1. The molecule has 0 aromatic heterocycles. The number of carbonyl (C=O) groups excluding carboxylic acids is 2. The number of rotatable bonds is 7. The molecule has 1 atom stereocenters. The number of nitrogens with one attached hydrogen (secondary N) is 2. The lowest BCUT2D eigenvalue weighted by molar-refractivity contribution is -0.137. The molecular formula is C19H26N4O2. The molecule has 25 heavy (non-hydrogen) atoms. The summed E-state index contributed by atoms with van der Waals surface area (Å²) in [6, 6.07) is 14.0. The molecule has 2 aromatic carbocycles. The molecule has 2 amide bonds. The molecular weight excluding hydrogens is 316 g/mol. The SMILES string of the molecule is CNC(Cc1ccc2ccccc2c1)C(=O)N(C)CC(=O)NN(C)C. The average molecular weight is 342 g/mol. The van der Waals surface area contributed by atoms with E-state index in [2.05, 4.69) is 35.0 Å². The second-order valence-electron chi connectivity index (χ2n) is 6.35. The number of likely N-dealkylation sites (N-methyl/N-ethyl adjacent to an activating group) is 2. The van der Waals surface area contributed by atoms with E-state index in [0.717, 1.165) is 10.9 Å². The summed E-state index contributed by atoms with van der Waals surface area (Å²) >= 11 is 0. The van der Waals surface area contributed by atoms with Crippen LogP contribution in [-0.4, -0.2) is 62.5 Å². The van der Waals surface area contributed by atoms with Gasteiger partial charge in [-0.15, -0.1) is 0 Å². The topological polar surface area (TPSA) is 64.7 Å². The quantitative estimate of drug-likeness (QED) is 0.738. The van der Waals surface area contributed by atoms with Gasteiger partial charge in [0.05, 0.1) is 6.04 Å². The Morgan fingerprint density at radius 1 is 1.04 bits per heavy atom. The molecule has 0 fully saturated rings. The Hall–Kier alpha value is -2.44. The van der Waals surface area contributed by atoms with E-state index >= 15 is 0 Å². The van der Waals surface area contributed by atoms with E-state index < -0.39 is 0 Å². The zero-order valence-corrected chi connectivity index (χ0v) is 15.2. The van der Waals surface area contributed by atoms with E-state index in [4.69, 9.17) is 0 Å². The normalized spacial score (nSPS) is 12.2. The van der Waals surface area contributed by atoms with E-state index in [1.807, 2.05) is 18.2 Å². The second-order valence-corrected chi connectivity index (χ2v) is 6.35. The molecule has 0 saturated heterocycles. The van der Waals surface area contributed by atoms with Gasteiger partial charge in [0.2, 0.25) is 5.91 Å². The van der Waals surface area contributed by atoms with Gasteiger partial charge in [-0.05, 0) is 29.8 Å². The molecule has 0 saturated carbocycles. The van der Waals surface area contributed by atoms with Gasteiger partial charge in [-0.2, -0.15) is 0 Å². The Bertz CT molecular complexity index is 745. The number of benzene rings is 2. The van der Waals surface area contributed by atoms with Gasteiger partial charge in [0.1, 0.15) is 6.54 Å². The number of amides is 2. The standard InChI is InChI=1S/C19H26N4O2/c1-20-17(19(25)23(4)13-18(24)21-22(2)3)12-14-9-10-15-7-5-6-8-16(15)11-14/h5-11,17,20H,12-13H2,1-4H3,(H,21,24). The van der Waals surface area contributed by atoms with Crippen molar-refractivity contribution in [3.63, 3.8) is 0 Å². The summed E-state index contributed by atoms with van der Waals surface area (Å²) in [5, 5.41) is 6.95. The predicted octanol–water partition coefficient (Wildman–Crippen LogP) is 1.02. The van der Waals surface area contributed by atoms with E-state index in [1.54, 1.807) is 33.2 Å². The van der Waals surface area contributed by atoms with Gasteiger partial charge in [-0.3, -0.25) is 15.0 Å². The summed E-state index contributed by atoms with van der Waals surface area (Å²) in [5.41, 5.74) is 3.72. The van der Waals surface area contributed by atoms with Crippen molar-refractivity contribution in [1.29, 1.82) is 0 Å². The minimum absolute atomic E-state index is 0.0207. The highest BCUT2D eigenvalue weighted by molar-refractivity contribution is 5.88. The van der Waals surface area contributed by atoms with Crippen LogP contribution in [0.4, 0.5) is 0 Å². The molecule has 6 heteroatoms. The Kier molecular flexibility index (Phi) is 6.50. The molecule has 0 aliphatic carbocycles. The van der Waals surface area contributed by atoms with Crippen LogP contribution < -0.4 is 10.7 Å². The molecule has 0 bridgehead atoms. The van der Waals surface area contributed by atoms with Crippen molar-refractivity contribution >= 4 is 22.6 Å². The van der Waals surface area contributed by atoms with Crippen LogP contribution in [0.3, 0.4) is 0 Å². The molecule has 6 nitrogen and oxygen atoms in total. The first-order valence-corrected chi connectivity index (χ1v) is 8.27. The summed E-state index contributed by atoms with van der Waals surface area (Å²) in [6.07, 6.45) is 0.569. The zero-order chi connectivity index (χ0) is 18.4. The van der Waals surface area contributed by atoms with E-state index in [1.165, 1.54) is 10.3 Å². The third kappa shape index (κ3) is 5.27. The van der Waals surface area contributed by atoms with Gasteiger partial charge in [0, 0.05) is 21.1 Å². The number of hydrogen-bond donors (Lipinski definition) is 2. The van der Waals surface area contributed by atoms with Gasteiger partial charge in [0.15, 0.2) is 0 Å². The Morgan fingerprint density at radius 3 is 2.36 bits per heavy atom. The maximum absolute atomic E-state index is 12.6. The van der Waals surface area contributed by atoms with Gasteiger partial charge < -0.3 is 10.2 Å². The molecule has 134 valence electrons. The molecule has 1 unspecified atom stereocenters. The maximum Gasteiger partial charge on any atom is 0.253 e. The van der Waals surface area contributed by atoms with Crippen molar-refractivity contribution in [3.05, 3.63) is 48.0 Å². The molecule has 0 aliphatic heterocycles. The van der Waals surface area contributed by atoms with Gasteiger partial charge in [-0.1, -0.05) is 42.5 Å². The minimum atomic E-state index is -0.377. The number of fused-ring (bicyclic) bond motifs is 1. The molecule has 0 heterocycles. The van der Waals surface area contributed by atoms with Crippen LogP contribution >= 0.6 is 0 Å². The van der Waals surface area contributed by atoms with Crippen LogP contribution in [0.2, 0.25) is 0 Å². The van der Waals surface area contributed by atoms with Gasteiger partial charge in [-0.25, -0.2) is 5.01 Å². The van der Waals surface area contributed by atoms with Crippen LogP contribution in [0.1, 0.15) is 5.56 Å². The highest BCUT2D eigenvalue weighted by Gasteiger charge is 2.22. The summed E-state index contributed by atoms with van der Waals surface area (Å²) in [6.45, 7) is 0.0207. The third-order valence-corrected chi connectivity index (χ3v) is 4.01. The summed E-state index contributed by atoms with van der Waals surface area (Å²) < 4.78 is 0. The largest absolute Gasteiger partial charge is 0.335 e. The first-order valence-electron chi connectivity index (χ1n) is 8.27. The zero-order valence-electron chi connectivity index (χ0n) is 15.2. The van der Waals surface area contributed by atoms with Crippen molar-refractivity contribution < 1.29 is 9.59 Å². The van der Waals surface area contributed by atoms with Gasteiger partial charge >= 0.3 is 0 Å². The summed E-state index contributed by atoms with van der Waals surface area (Å²) in [7, 11) is 6.87. The monoisotopic (exact) mass is 342 g/mol. The first kappa shape index (κ1) is 18.9. The molecule has 0 spiro atoms. The first-order chi connectivity index (χ1) is 11.9. The molecule has 2 N–H and O–H groups in total. The van der Waals surface area contributed by atoms with E-state index in [-0.39, 0.29) is 24.4 Å². The highest BCUT2D eigenvalue weighted by atomic mass is 16.2. The van der Waals surface area contributed by atoms with Crippen molar-refractivity contribution in [2.45, 2.75) is 12.5 Å². The summed E-state index contributed by atoms with van der Waals surface area (Å²) in [4.78, 5) is 25.9. The molecule has 0 aliphatic rings. The number of carbonyl (C=O) groups is 2. The second kappa shape index (κ2) is 8.60. The molecule has 2 rings (SSSR count). The van der Waals surface area contributed by atoms with Crippen molar-refractivity contribution in [2.75, 3.05) is 34.7 Å². The fourth-order valence-electron chi connectivity index (χ4n) is 2.76. The summed E-state index contributed by atoms with van der Waals surface area (Å²) in [5.74, 6) is -0.328. The highest BCUT2D eigenvalue weighted by Crippen LogP contribution is 2.17. The van der Waals surface area contributed by atoms with Gasteiger partial charge in [0.25, 0.3) is 5.91 Å². The van der Waals surface area contributed by atoms with Crippen LogP contribution in [-0.2, 0) is 16.0 Å². The van der Waals surface area contributed by atoms with E-state index in [9.17, 15) is 9.59 Å². The lowest BCUT2D eigenvalue weighted by Gasteiger charge is -2.24. The smallest absolute Gasteiger partial charge is 0.253 e. The van der Waals surface area contributed by atoms with Crippen molar-refractivity contribution in [3.8, 4) is 0 Å². The Balaban J connectivity index is 2.04. The van der Waals surface area contributed by atoms with Crippen LogP contribution in [0.5, 0.6) is 0 Å². The predicted molar refractivity (Wildman–Crippen MR) is 100.0 cm³/mol. The van der Waals surface area contributed by atoms with Crippen LogP contribution in [0, 0.1) is 0 Å². The van der Waals surface area contributed by atoms with Crippen LogP contribution in [0.25, 0.3) is 10.8 Å². The Labute approximate surface area is 148 Å². The third-order valence-electron chi connectivity index (χ3n) is 4.01. The molecule has 2 aromatic rings. The fourth-order valence-corrected chi connectivity index (χ4v) is 2.76. The number of hydrogen-bond acceptors (Lipinski definition) is 4. The molecule has 0 radical (unpaired) electrons. The average Bonchev–Trinajstić information content (AvgIpc) is 2.58. The maximum atomic E-state index is 12.6. The lowest BCUT2D eigenvalue weighted by atomic mass is 10.0. The van der Waals surface area contributed by atoms with Crippen LogP contribution in [0.15, 0.2) is 42.5 Å². The fraction of sp³-hybridized carbons (Fsp3) is 0.368. The Morgan fingerprint density at radius 2 is 1.72 bits per heavy atom.